The first-order valence-corrected chi connectivity index (χ1v) is 13.1. The van der Waals surface area contributed by atoms with E-state index in [4.69, 9.17) is 14.2 Å². The molecule has 0 unspecified atom stereocenters. The van der Waals surface area contributed by atoms with Crippen molar-refractivity contribution in [2.45, 2.75) is 75.2 Å². The second kappa shape index (κ2) is 7.24. The molecule has 13 heteroatoms. The number of alkyl halides is 3. The zero-order chi connectivity index (χ0) is 26.7. The molecule has 8 atom stereocenters. The summed E-state index contributed by atoms with van der Waals surface area (Å²) in [5, 5.41) is 0. The van der Waals surface area contributed by atoms with Crippen LogP contribution in [0.3, 0.4) is 0 Å². The maximum Gasteiger partial charge on any atom is 0.523 e. The third-order valence-corrected chi connectivity index (χ3v) is 10.6. The highest BCUT2D eigenvalue weighted by molar-refractivity contribution is 7.87. The number of rotatable bonds is 4. The predicted octanol–water partition coefficient (Wildman–Crippen LogP) is 2.78. The lowest BCUT2D eigenvalue weighted by Gasteiger charge is -2.46. The first-order valence-electron chi connectivity index (χ1n) is 11.7. The monoisotopic (exact) mass is 536 g/mol. The van der Waals surface area contributed by atoms with Gasteiger partial charge in [0.1, 0.15) is 16.6 Å². The molecule has 0 amide bonds. The van der Waals surface area contributed by atoms with E-state index in [1.54, 1.807) is 0 Å². The van der Waals surface area contributed by atoms with Crippen LogP contribution >= 0.6 is 0 Å². The molecule has 1 spiro atoms. The average Bonchev–Trinajstić information content (AvgIpc) is 3.18. The van der Waals surface area contributed by atoms with Crippen LogP contribution in [0.25, 0.3) is 0 Å². The molecule has 0 aromatic heterocycles. The molecule has 0 radical (unpaired) electrons. The van der Waals surface area contributed by atoms with Crippen LogP contribution in [-0.2, 0) is 42.9 Å². The maximum atomic E-state index is 13.4. The van der Waals surface area contributed by atoms with Gasteiger partial charge in [-0.25, -0.2) is 0 Å². The fraction of sp³-hybridized carbons (Fsp3) is 0.783. The number of hydrogen-bond acceptors (Lipinski definition) is 9. The summed E-state index contributed by atoms with van der Waals surface area (Å²) in [4.78, 5) is 38.7. The Morgan fingerprint density at radius 3 is 2.44 bits per heavy atom. The van der Waals surface area contributed by atoms with Crippen LogP contribution in [0.4, 0.5) is 13.2 Å². The van der Waals surface area contributed by atoms with Crippen molar-refractivity contribution in [1.29, 1.82) is 0 Å². The molecule has 36 heavy (non-hydrogen) atoms. The highest BCUT2D eigenvalue weighted by atomic mass is 32.2. The summed E-state index contributed by atoms with van der Waals surface area (Å²) < 4.78 is 84.8. The molecular formula is C23H27F3O9S. The molecule has 0 aromatic carbocycles. The number of fused-ring (bicyclic) bond motifs is 1. The van der Waals surface area contributed by atoms with Crippen molar-refractivity contribution in [1.82, 2.24) is 0 Å². The summed E-state index contributed by atoms with van der Waals surface area (Å²) in [5.74, 6) is -4.54. The van der Waals surface area contributed by atoms with E-state index in [0.29, 0.717) is 18.4 Å². The Morgan fingerprint density at radius 1 is 1.19 bits per heavy atom. The smallest absolute Gasteiger partial charge is 0.469 e. The Bertz CT molecular complexity index is 1180. The summed E-state index contributed by atoms with van der Waals surface area (Å²) in [6.45, 7) is 6.72. The van der Waals surface area contributed by atoms with Crippen LogP contribution in [0.5, 0.6) is 0 Å². The van der Waals surface area contributed by atoms with Crippen molar-refractivity contribution in [3.8, 4) is 0 Å². The summed E-state index contributed by atoms with van der Waals surface area (Å²) in [6.07, 6.45) is -0.578. The van der Waals surface area contributed by atoms with Crippen LogP contribution in [0.1, 0.15) is 52.4 Å². The van der Waals surface area contributed by atoms with E-state index >= 15 is 0 Å². The zero-order valence-electron chi connectivity index (χ0n) is 20.0. The molecule has 200 valence electrons. The molecule has 0 N–H and O–H groups in total. The summed E-state index contributed by atoms with van der Waals surface area (Å²) in [6, 6.07) is 0. The number of ether oxygens (including phenoxy) is 3. The fourth-order valence-corrected chi connectivity index (χ4v) is 9.22. The lowest BCUT2D eigenvalue weighted by molar-refractivity contribution is -0.169. The highest BCUT2D eigenvalue weighted by Gasteiger charge is 2.85. The molecular weight excluding hydrogens is 509 g/mol. The van der Waals surface area contributed by atoms with Gasteiger partial charge in [-0.2, -0.15) is 21.6 Å². The molecule has 1 heterocycles. The van der Waals surface area contributed by atoms with Crippen LogP contribution in [0.2, 0.25) is 0 Å². The summed E-state index contributed by atoms with van der Waals surface area (Å²) in [7, 11) is -4.85. The molecule has 5 aliphatic rings. The van der Waals surface area contributed by atoms with E-state index in [-0.39, 0.29) is 25.7 Å². The van der Waals surface area contributed by atoms with Crippen molar-refractivity contribution in [3.63, 3.8) is 0 Å². The largest absolute Gasteiger partial charge is 0.523 e. The van der Waals surface area contributed by atoms with Gasteiger partial charge in [0.05, 0.1) is 19.1 Å². The molecule has 4 bridgehead atoms. The number of carbonyl (C=O) groups excluding carboxylic acids is 3. The van der Waals surface area contributed by atoms with Crippen molar-refractivity contribution in [2.75, 3.05) is 7.11 Å². The lowest BCUT2D eigenvalue weighted by Crippen LogP contribution is -2.55. The van der Waals surface area contributed by atoms with Crippen molar-refractivity contribution in [2.24, 2.45) is 28.6 Å². The number of hydrogen-bond donors (Lipinski definition) is 0. The van der Waals surface area contributed by atoms with E-state index in [1.165, 1.54) is 21.0 Å². The Kier molecular flexibility index (Phi) is 5.13. The molecule has 0 aromatic rings. The number of esters is 3. The van der Waals surface area contributed by atoms with Crippen molar-refractivity contribution < 1.29 is 54.4 Å². The van der Waals surface area contributed by atoms with Gasteiger partial charge in [0, 0.05) is 18.8 Å². The summed E-state index contributed by atoms with van der Waals surface area (Å²) in [5.41, 5.74) is -10.1. The van der Waals surface area contributed by atoms with Gasteiger partial charge >= 0.3 is 33.5 Å². The quantitative estimate of drug-likeness (QED) is 0.175. The van der Waals surface area contributed by atoms with Crippen LogP contribution in [-0.4, -0.2) is 56.2 Å². The molecule has 5 fully saturated rings. The van der Waals surface area contributed by atoms with E-state index in [9.17, 15) is 36.0 Å². The number of carbonyl (C=O) groups is 3. The minimum Gasteiger partial charge on any atom is -0.469 e. The van der Waals surface area contributed by atoms with E-state index in [0.717, 1.165) is 0 Å². The maximum absolute atomic E-state index is 13.4. The van der Waals surface area contributed by atoms with E-state index in [1.807, 2.05) is 0 Å². The van der Waals surface area contributed by atoms with E-state index in [2.05, 4.69) is 10.8 Å². The molecule has 5 rings (SSSR count). The Morgan fingerprint density at radius 2 is 1.86 bits per heavy atom. The Labute approximate surface area is 205 Å². The van der Waals surface area contributed by atoms with Crippen molar-refractivity contribution >= 4 is 28.0 Å². The first-order chi connectivity index (χ1) is 16.5. The van der Waals surface area contributed by atoms with Gasteiger partial charge in [0.15, 0.2) is 0 Å². The third kappa shape index (κ3) is 2.87. The highest BCUT2D eigenvalue weighted by Crippen LogP contribution is 2.79. The SMILES string of the molecule is C=C1C[C@]23C[C@@]1(OC(C)=O)CC[C@H]2[C@@]12CC[C@@H](OS(=O)(=O)C(F)(F)F)[C@@](C)(C(=O)O1)[C@H]2[C@@H]3C(=O)OC. The molecule has 4 saturated carbocycles. The van der Waals surface area contributed by atoms with Gasteiger partial charge in [0.2, 0.25) is 0 Å². The van der Waals surface area contributed by atoms with E-state index < -0.39 is 79.4 Å². The predicted molar refractivity (Wildman–Crippen MR) is 113 cm³/mol. The summed E-state index contributed by atoms with van der Waals surface area (Å²) >= 11 is 0. The van der Waals surface area contributed by atoms with Gasteiger partial charge in [-0.1, -0.05) is 6.58 Å². The Hall–Kier alpha value is -2.15. The first kappa shape index (κ1) is 25.5. The second-order valence-corrected chi connectivity index (χ2v) is 12.6. The number of halogens is 3. The molecule has 4 aliphatic carbocycles. The van der Waals surface area contributed by atoms with Gasteiger partial charge < -0.3 is 14.2 Å². The van der Waals surface area contributed by atoms with Gasteiger partial charge in [-0.3, -0.25) is 18.6 Å². The molecule has 1 aliphatic heterocycles. The minimum atomic E-state index is -6.02. The van der Waals surface area contributed by atoms with Gasteiger partial charge in [-0.15, -0.1) is 0 Å². The zero-order valence-corrected chi connectivity index (χ0v) is 20.8. The third-order valence-electron chi connectivity index (χ3n) is 9.56. The topological polar surface area (TPSA) is 122 Å². The fourth-order valence-electron chi connectivity index (χ4n) is 8.51. The van der Waals surface area contributed by atoms with Gasteiger partial charge in [0.25, 0.3) is 0 Å². The second-order valence-electron chi connectivity index (χ2n) is 11.0. The van der Waals surface area contributed by atoms with Gasteiger partial charge in [-0.05, 0) is 56.4 Å². The Balaban J connectivity index is 1.65. The molecule has 9 nitrogen and oxygen atoms in total. The normalized spacial score (nSPS) is 45.1. The minimum absolute atomic E-state index is 0.0179. The van der Waals surface area contributed by atoms with Crippen LogP contribution in [0.15, 0.2) is 12.2 Å². The lowest BCUT2D eigenvalue weighted by atomic mass is 9.59. The van der Waals surface area contributed by atoms with Crippen molar-refractivity contribution in [3.05, 3.63) is 12.2 Å². The van der Waals surface area contributed by atoms with Crippen LogP contribution < -0.4 is 0 Å². The number of methoxy groups -OCH3 is 1. The average molecular weight is 537 g/mol. The van der Waals surface area contributed by atoms with Crippen LogP contribution in [0, 0.1) is 28.6 Å². The molecule has 1 saturated heterocycles. The standard InChI is InChI=1S/C23H27F3O9S/c1-11-9-20-10-21(11,33-12(2)27)7-5-13(20)22-8-6-14(35-36(30,31)23(24,25)26)19(3,18(29)34-22)16(22)15(20)17(28)32-4/h13-16H,1,5-10H2,2-4H3/t13-,14-,15-,16-,19-,20+,21+,22-/m1/s1.